The van der Waals surface area contributed by atoms with E-state index in [0.717, 1.165) is 17.9 Å². The average Bonchev–Trinajstić information content (AvgIpc) is 2.23. The van der Waals surface area contributed by atoms with E-state index in [4.69, 9.17) is 11.6 Å². The molecule has 0 fully saturated rings. The molecule has 0 amide bonds. The maximum atomic E-state index is 6.09. The Bertz CT molecular complexity index is 375. The normalized spacial score (nSPS) is 15.4. The van der Waals surface area contributed by atoms with Crippen LogP contribution in [-0.4, -0.2) is 0 Å². The zero-order valence-electron chi connectivity index (χ0n) is 8.04. The van der Waals surface area contributed by atoms with Gasteiger partial charge in [-0.2, -0.15) is 0 Å². The lowest BCUT2D eigenvalue weighted by Crippen LogP contribution is -1.91. The minimum atomic E-state index is 0.868. The van der Waals surface area contributed by atoms with Gasteiger partial charge in [0.1, 0.15) is 0 Å². The lowest BCUT2D eigenvalue weighted by molar-refractivity contribution is 0.994. The van der Waals surface area contributed by atoms with E-state index in [1.807, 2.05) is 18.2 Å². The van der Waals surface area contributed by atoms with Crippen LogP contribution in [0.2, 0.25) is 5.02 Å². The molecule has 1 heteroatoms. The first-order valence-electron chi connectivity index (χ1n) is 4.95. The smallest absolute Gasteiger partial charge is 0.0441 e. The van der Waals surface area contributed by atoms with Crippen molar-refractivity contribution in [3.8, 4) is 0 Å². The van der Waals surface area contributed by atoms with Crippen LogP contribution >= 0.6 is 11.6 Å². The molecule has 2 rings (SSSR count). The number of hydrogen-bond donors (Lipinski definition) is 0. The van der Waals surface area contributed by atoms with E-state index in [1.165, 1.54) is 17.6 Å². The minimum absolute atomic E-state index is 0.868. The molecule has 0 aliphatic heterocycles. The van der Waals surface area contributed by atoms with Gasteiger partial charge in [0, 0.05) is 5.02 Å². The van der Waals surface area contributed by atoms with Gasteiger partial charge in [-0.15, -0.1) is 0 Å². The fourth-order valence-electron chi connectivity index (χ4n) is 1.66. The Morgan fingerprint density at radius 2 is 2.00 bits per heavy atom. The summed E-state index contributed by atoms with van der Waals surface area (Å²) in [6.45, 7) is 0. The number of hydrogen-bond acceptors (Lipinski definition) is 0. The van der Waals surface area contributed by atoms with Crippen molar-refractivity contribution < 1.29 is 0 Å². The van der Waals surface area contributed by atoms with Gasteiger partial charge in [0.25, 0.3) is 0 Å². The monoisotopic (exact) mass is 204 g/mol. The molecule has 1 aromatic rings. The molecule has 0 saturated heterocycles. The Labute approximate surface area is 89.9 Å². The van der Waals surface area contributed by atoms with Crippen LogP contribution in [0, 0.1) is 0 Å². The summed E-state index contributed by atoms with van der Waals surface area (Å²) in [5.74, 6) is 0. The maximum absolute atomic E-state index is 6.09. The first kappa shape index (κ1) is 9.54. The molecule has 0 spiro atoms. The first-order valence-corrected chi connectivity index (χ1v) is 5.33. The van der Waals surface area contributed by atoms with Gasteiger partial charge in [-0.3, -0.25) is 0 Å². The summed E-state index contributed by atoms with van der Waals surface area (Å²) in [6.07, 6.45) is 10.0. The summed E-state index contributed by atoms with van der Waals surface area (Å²) in [5.41, 5.74) is 2.59. The Kier molecular flexibility index (Phi) is 3.05. The van der Waals surface area contributed by atoms with Gasteiger partial charge in [0.15, 0.2) is 0 Å². The van der Waals surface area contributed by atoms with Gasteiger partial charge < -0.3 is 0 Å². The van der Waals surface area contributed by atoms with Crippen molar-refractivity contribution in [3.05, 3.63) is 58.7 Å². The third kappa shape index (κ3) is 2.27. The molecule has 14 heavy (non-hydrogen) atoms. The van der Waals surface area contributed by atoms with Crippen LogP contribution in [0.5, 0.6) is 0 Å². The van der Waals surface area contributed by atoms with Crippen LogP contribution < -0.4 is 0 Å². The van der Waals surface area contributed by atoms with E-state index in [0.29, 0.717) is 0 Å². The molecule has 0 saturated carbocycles. The molecule has 0 unspecified atom stereocenters. The molecular weight excluding hydrogens is 192 g/mol. The van der Waals surface area contributed by atoms with Crippen molar-refractivity contribution in [2.24, 2.45) is 0 Å². The van der Waals surface area contributed by atoms with Crippen LogP contribution in [0.15, 0.2) is 48.1 Å². The first-order chi connectivity index (χ1) is 6.86. The van der Waals surface area contributed by atoms with Gasteiger partial charge in [0.05, 0.1) is 0 Å². The van der Waals surface area contributed by atoms with Crippen LogP contribution in [0.3, 0.4) is 0 Å². The number of allylic oxidation sites excluding steroid dienone is 4. The molecular formula is C13H13Cl. The Morgan fingerprint density at radius 1 is 1.14 bits per heavy atom. The molecule has 1 aliphatic rings. The van der Waals surface area contributed by atoms with Gasteiger partial charge in [-0.1, -0.05) is 48.0 Å². The van der Waals surface area contributed by atoms with E-state index < -0.39 is 0 Å². The predicted molar refractivity (Wildman–Crippen MR) is 61.6 cm³/mol. The molecule has 1 aliphatic carbocycles. The molecule has 0 atom stereocenters. The van der Waals surface area contributed by atoms with Crippen molar-refractivity contribution in [2.75, 3.05) is 0 Å². The highest BCUT2D eigenvalue weighted by atomic mass is 35.5. The summed E-state index contributed by atoms with van der Waals surface area (Å²) >= 11 is 6.09. The highest BCUT2D eigenvalue weighted by molar-refractivity contribution is 6.31. The minimum Gasteiger partial charge on any atom is -0.0840 e. The van der Waals surface area contributed by atoms with Crippen molar-refractivity contribution >= 4 is 11.6 Å². The fraction of sp³-hybridized carbons (Fsp3) is 0.231. The highest BCUT2D eigenvalue weighted by Crippen LogP contribution is 2.21. The Balaban J connectivity index is 2.14. The van der Waals surface area contributed by atoms with Crippen molar-refractivity contribution in [1.82, 2.24) is 0 Å². The molecule has 0 bridgehead atoms. The van der Waals surface area contributed by atoms with E-state index in [2.05, 4.69) is 24.3 Å². The van der Waals surface area contributed by atoms with Gasteiger partial charge >= 0.3 is 0 Å². The van der Waals surface area contributed by atoms with Crippen molar-refractivity contribution in [3.63, 3.8) is 0 Å². The van der Waals surface area contributed by atoms with E-state index >= 15 is 0 Å². The number of halogens is 1. The van der Waals surface area contributed by atoms with Gasteiger partial charge in [0.2, 0.25) is 0 Å². The molecule has 0 aromatic heterocycles. The largest absolute Gasteiger partial charge is 0.0840 e. The fourth-order valence-corrected chi connectivity index (χ4v) is 1.86. The maximum Gasteiger partial charge on any atom is 0.0441 e. The highest BCUT2D eigenvalue weighted by Gasteiger charge is 2.02. The number of rotatable bonds is 2. The van der Waals surface area contributed by atoms with Crippen LogP contribution in [0.4, 0.5) is 0 Å². The molecule has 0 nitrogen and oxygen atoms in total. The molecule has 0 heterocycles. The molecule has 0 N–H and O–H groups in total. The van der Waals surface area contributed by atoms with Crippen LogP contribution in [-0.2, 0) is 6.42 Å². The average molecular weight is 205 g/mol. The van der Waals surface area contributed by atoms with Gasteiger partial charge in [-0.25, -0.2) is 0 Å². The molecule has 0 radical (unpaired) electrons. The third-order valence-corrected chi connectivity index (χ3v) is 2.79. The second kappa shape index (κ2) is 4.47. The standard InChI is InChI=1S/C13H13Cl/c14-13-9-5-4-8-12(13)10-11-6-2-1-3-7-11/h2,4-9H,1,3,10H2. The Morgan fingerprint density at radius 3 is 2.71 bits per heavy atom. The summed E-state index contributed by atoms with van der Waals surface area (Å²) in [6, 6.07) is 8.04. The predicted octanol–water partition coefficient (Wildman–Crippen LogP) is 4.16. The van der Waals surface area contributed by atoms with Crippen molar-refractivity contribution in [2.45, 2.75) is 19.3 Å². The number of benzene rings is 1. The topological polar surface area (TPSA) is 0 Å². The summed E-state index contributed by atoms with van der Waals surface area (Å²) in [4.78, 5) is 0. The van der Waals surface area contributed by atoms with E-state index in [9.17, 15) is 0 Å². The second-order valence-corrected chi connectivity index (χ2v) is 3.93. The van der Waals surface area contributed by atoms with Gasteiger partial charge in [-0.05, 0) is 36.5 Å². The lowest BCUT2D eigenvalue weighted by atomic mass is 10.00. The second-order valence-electron chi connectivity index (χ2n) is 3.53. The van der Waals surface area contributed by atoms with Crippen LogP contribution in [0.25, 0.3) is 0 Å². The zero-order chi connectivity index (χ0) is 9.80. The molecule has 72 valence electrons. The van der Waals surface area contributed by atoms with Crippen LogP contribution in [0.1, 0.15) is 18.4 Å². The Hall–Kier alpha value is -1.01. The zero-order valence-corrected chi connectivity index (χ0v) is 8.80. The molecule has 1 aromatic carbocycles. The third-order valence-electron chi connectivity index (χ3n) is 2.42. The summed E-state index contributed by atoms with van der Waals surface area (Å²) < 4.78 is 0. The van der Waals surface area contributed by atoms with Crippen molar-refractivity contribution in [1.29, 1.82) is 0 Å². The summed E-state index contributed by atoms with van der Waals surface area (Å²) in [7, 11) is 0. The van der Waals surface area contributed by atoms with E-state index in [1.54, 1.807) is 0 Å². The SMILES string of the molecule is Clc1ccccc1CC1=CCCC=C1. The quantitative estimate of drug-likeness (QED) is 0.679. The lowest BCUT2D eigenvalue weighted by Gasteiger charge is -2.08. The van der Waals surface area contributed by atoms with E-state index in [-0.39, 0.29) is 0 Å². The summed E-state index contributed by atoms with van der Waals surface area (Å²) in [5, 5.41) is 0.868.